The normalized spacial score (nSPS) is 34.1. The first-order chi connectivity index (χ1) is 7.61. The van der Waals surface area contributed by atoms with Gasteiger partial charge in [0.1, 0.15) is 0 Å². The van der Waals surface area contributed by atoms with Crippen molar-refractivity contribution in [2.24, 2.45) is 23.5 Å². The van der Waals surface area contributed by atoms with Crippen molar-refractivity contribution in [2.75, 3.05) is 13.6 Å². The van der Waals surface area contributed by atoms with Crippen LogP contribution in [0.15, 0.2) is 0 Å². The molecule has 0 aromatic carbocycles. The predicted molar refractivity (Wildman–Crippen MR) is 64.8 cm³/mol. The van der Waals surface area contributed by atoms with Gasteiger partial charge >= 0.3 is 0 Å². The van der Waals surface area contributed by atoms with Crippen LogP contribution in [0.1, 0.15) is 39.0 Å². The summed E-state index contributed by atoms with van der Waals surface area (Å²) in [5.41, 5.74) is 5.78. The Morgan fingerprint density at radius 1 is 1.44 bits per heavy atom. The summed E-state index contributed by atoms with van der Waals surface area (Å²) >= 11 is 0. The van der Waals surface area contributed by atoms with Gasteiger partial charge in [0.25, 0.3) is 0 Å². The molecule has 2 rings (SSSR count). The van der Waals surface area contributed by atoms with Crippen LogP contribution in [0, 0.1) is 17.8 Å². The molecule has 1 amide bonds. The predicted octanol–water partition coefficient (Wildman–Crippen LogP) is 1.62. The number of likely N-dealkylation sites (N-methyl/N-ethyl adjacent to an activating group) is 1. The first kappa shape index (κ1) is 11.9. The van der Waals surface area contributed by atoms with E-state index in [9.17, 15) is 4.79 Å². The Hall–Kier alpha value is -0.570. The third-order valence-electron chi connectivity index (χ3n) is 4.53. The number of nitrogens with two attached hydrogens (primary N) is 1. The van der Waals surface area contributed by atoms with E-state index < -0.39 is 0 Å². The molecule has 3 heteroatoms. The second-order valence-electron chi connectivity index (χ2n) is 5.67. The van der Waals surface area contributed by atoms with Gasteiger partial charge in [-0.15, -0.1) is 0 Å². The number of fused-ring (bicyclic) bond motifs is 2. The van der Waals surface area contributed by atoms with Gasteiger partial charge in [0.2, 0.25) is 5.91 Å². The minimum Gasteiger partial charge on any atom is -0.344 e. The molecule has 2 aliphatic rings. The van der Waals surface area contributed by atoms with Crippen molar-refractivity contribution in [1.82, 2.24) is 4.90 Å². The monoisotopic (exact) mass is 224 g/mol. The first-order valence-electron chi connectivity index (χ1n) is 6.62. The standard InChI is InChI=1S/C13H24N2O/c1-3-12(14)13(16)15(2)8-11-7-9-4-5-10(11)6-9/h9-12H,3-8,14H2,1-2H3/t9?,10?,11?,12-/m1/s1. The zero-order valence-electron chi connectivity index (χ0n) is 10.5. The smallest absolute Gasteiger partial charge is 0.239 e. The molecule has 0 aromatic heterocycles. The second kappa shape index (κ2) is 4.74. The summed E-state index contributed by atoms with van der Waals surface area (Å²) in [4.78, 5) is 13.7. The molecular formula is C13H24N2O. The second-order valence-corrected chi connectivity index (χ2v) is 5.67. The van der Waals surface area contributed by atoms with Crippen LogP contribution in [0.4, 0.5) is 0 Å². The Bertz CT molecular complexity index is 267. The third kappa shape index (κ3) is 2.24. The molecule has 2 fully saturated rings. The summed E-state index contributed by atoms with van der Waals surface area (Å²) in [6.07, 6.45) is 6.29. The molecule has 2 aliphatic carbocycles. The number of rotatable bonds is 4. The van der Waals surface area contributed by atoms with Gasteiger partial charge in [0.05, 0.1) is 6.04 Å². The lowest BCUT2D eigenvalue weighted by atomic mass is 9.88. The van der Waals surface area contributed by atoms with Gasteiger partial charge < -0.3 is 10.6 Å². The molecule has 2 saturated carbocycles. The van der Waals surface area contributed by atoms with Crippen LogP contribution in [0.2, 0.25) is 0 Å². The Labute approximate surface area is 98.4 Å². The largest absolute Gasteiger partial charge is 0.344 e. The fourth-order valence-corrected chi connectivity index (χ4v) is 3.50. The fourth-order valence-electron chi connectivity index (χ4n) is 3.50. The van der Waals surface area contributed by atoms with Gasteiger partial charge in [-0.1, -0.05) is 13.3 Å². The maximum Gasteiger partial charge on any atom is 0.239 e. The lowest BCUT2D eigenvalue weighted by Crippen LogP contribution is -2.43. The number of carbonyl (C=O) groups is 1. The highest BCUT2D eigenvalue weighted by Crippen LogP contribution is 2.48. The highest BCUT2D eigenvalue weighted by molar-refractivity contribution is 5.81. The molecule has 0 aliphatic heterocycles. The van der Waals surface area contributed by atoms with Crippen LogP contribution in [0.5, 0.6) is 0 Å². The van der Waals surface area contributed by atoms with Crippen molar-refractivity contribution in [3.05, 3.63) is 0 Å². The number of hydrogen-bond acceptors (Lipinski definition) is 2. The molecular weight excluding hydrogens is 200 g/mol. The van der Waals surface area contributed by atoms with Crippen LogP contribution < -0.4 is 5.73 Å². The Morgan fingerprint density at radius 3 is 2.69 bits per heavy atom. The molecule has 3 unspecified atom stereocenters. The molecule has 4 atom stereocenters. The van der Waals surface area contributed by atoms with Gasteiger partial charge in [0, 0.05) is 13.6 Å². The van der Waals surface area contributed by atoms with Crippen molar-refractivity contribution in [1.29, 1.82) is 0 Å². The van der Waals surface area contributed by atoms with Gasteiger partial charge in [-0.3, -0.25) is 4.79 Å². The highest BCUT2D eigenvalue weighted by Gasteiger charge is 2.40. The molecule has 2 N–H and O–H groups in total. The number of carbonyl (C=O) groups excluding carboxylic acids is 1. The zero-order chi connectivity index (χ0) is 11.7. The molecule has 92 valence electrons. The van der Waals surface area contributed by atoms with Crippen LogP contribution in [0.3, 0.4) is 0 Å². The molecule has 0 spiro atoms. The van der Waals surface area contributed by atoms with Gasteiger partial charge in [0.15, 0.2) is 0 Å². The van der Waals surface area contributed by atoms with E-state index in [2.05, 4.69) is 0 Å². The van der Waals surface area contributed by atoms with Crippen molar-refractivity contribution >= 4 is 5.91 Å². The Balaban J connectivity index is 1.83. The first-order valence-corrected chi connectivity index (χ1v) is 6.62. The van der Waals surface area contributed by atoms with Crippen molar-refractivity contribution in [3.63, 3.8) is 0 Å². The third-order valence-corrected chi connectivity index (χ3v) is 4.53. The van der Waals surface area contributed by atoms with Crippen LogP contribution >= 0.6 is 0 Å². The van der Waals surface area contributed by atoms with Crippen molar-refractivity contribution in [2.45, 2.75) is 45.1 Å². The molecule has 0 heterocycles. The molecule has 2 bridgehead atoms. The lowest BCUT2D eigenvalue weighted by Gasteiger charge is -2.28. The summed E-state index contributed by atoms with van der Waals surface area (Å²) in [5, 5.41) is 0. The fraction of sp³-hybridized carbons (Fsp3) is 0.923. The number of nitrogens with zero attached hydrogens (tertiary/aromatic N) is 1. The maximum atomic E-state index is 11.9. The summed E-state index contributed by atoms with van der Waals surface area (Å²) in [6.45, 7) is 2.89. The van der Waals surface area contributed by atoms with Gasteiger partial charge in [-0.25, -0.2) is 0 Å². The quantitative estimate of drug-likeness (QED) is 0.788. The SMILES string of the molecule is CC[C@@H](N)C(=O)N(C)CC1CC2CCC1C2. The van der Waals surface area contributed by atoms with E-state index in [1.807, 2.05) is 18.9 Å². The van der Waals surface area contributed by atoms with E-state index in [1.54, 1.807) is 0 Å². The van der Waals surface area contributed by atoms with E-state index in [0.717, 1.165) is 30.7 Å². The summed E-state index contributed by atoms with van der Waals surface area (Å²) in [6, 6.07) is -0.302. The topological polar surface area (TPSA) is 46.3 Å². The average molecular weight is 224 g/mol. The lowest BCUT2D eigenvalue weighted by molar-refractivity contribution is -0.132. The number of amides is 1. The summed E-state index contributed by atoms with van der Waals surface area (Å²) in [7, 11) is 1.91. The van der Waals surface area contributed by atoms with E-state index >= 15 is 0 Å². The average Bonchev–Trinajstić information content (AvgIpc) is 2.88. The number of hydrogen-bond donors (Lipinski definition) is 1. The van der Waals surface area contributed by atoms with E-state index in [1.165, 1.54) is 25.7 Å². The van der Waals surface area contributed by atoms with Crippen LogP contribution in [-0.2, 0) is 4.79 Å². The molecule has 3 nitrogen and oxygen atoms in total. The van der Waals surface area contributed by atoms with Crippen LogP contribution in [-0.4, -0.2) is 30.4 Å². The minimum atomic E-state index is -0.302. The van der Waals surface area contributed by atoms with E-state index in [-0.39, 0.29) is 11.9 Å². The van der Waals surface area contributed by atoms with E-state index in [0.29, 0.717) is 0 Å². The van der Waals surface area contributed by atoms with Crippen LogP contribution in [0.25, 0.3) is 0 Å². The van der Waals surface area contributed by atoms with Crippen molar-refractivity contribution in [3.8, 4) is 0 Å². The van der Waals surface area contributed by atoms with Crippen molar-refractivity contribution < 1.29 is 4.79 Å². The van der Waals surface area contributed by atoms with E-state index in [4.69, 9.17) is 5.73 Å². The molecule has 0 aromatic rings. The molecule has 0 saturated heterocycles. The highest BCUT2D eigenvalue weighted by atomic mass is 16.2. The van der Waals surface area contributed by atoms with Gasteiger partial charge in [-0.2, -0.15) is 0 Å². The summed E-state index contributed by atoms with van der Waals surface area (Å²) in [5.74, 6) is 2.71. The molecule has 16 heavy (non-hydrogen) atoms. The maximum absolute atomic E-state index is 11.9. The zero-order valence-corrected chi connectivity index (χ0v) is 10.5. The summed E-state index contributed by atoms with van der Waals surface area (Å²) < 4.78 is 0. The Morgan fingerprint density at radius 2 is 2.19 bits per heavy atom. The van der Waals surface area contributed by atoms with Gasteiger partial charge in [-0.05, 0) is 43.4 Å². The molecule has 0 radical (unpaired) electrons. The Kier molecular flexibility index (Phi) is 3.53. The minimum absolute atomic E-state index is 0.116.